The van der Waals surface area contributed by atoms with Crippen molar-refractivity contribution < 1.29 is 4.79 Å². The Morgan fingerprint density at radius 2 is 2.21 bits per heavy atom. The molecule has 24 heavy (non-hydrogen) atoms. The van der Waals surface area contributed by atoms with Crippen LogP contribution in [-0.4, -0.2) is 35.8 Å². The zero-order valence-electron chi connectivity index (χ0n) is 13.8. The maximum atomic E-state index is 12.6. The number of hydrogen-bond acceptors (Lipinski definition) is 3. The summed E-state index contributed by atoms with van der Waals surface area (Å²) in [6.07, 6.45) is 4.11. The summed E-state index contributed by atoms with van der Waals surface area (Å²) < 4.78 is 1.90. The molecule has 2 heterocycles. The summed E-state index contributed by atoms with van der Waals surface area (Å²) in [5.74, 6) is -0.132. The number of anilines is 1. The molecule has 1 aliphatic heterocycles. The molecule has 1 aromatic heterocycles. The summed E-state index contributed by atoms with van der Waals surface area (Å²) in [6, 6.07) is 7.71. The molecule has 0 aliphatic carbocycles. The van der Waals surface area contributed by atoms with Crippen molar-refractivity contribution in [3.8, 4) is 0 Å². The number of halogens is 2. The first-order valence-corrected chi connectivity index (χ1v) is 8.24. The number of aromatic nitrogens is 2. The van der Waals surface area contributed by atoms with Gasteiger partial charge in [-0.3, -0.25) is 9.48 Å². The van der Waals surface area contributed by atoms with Crippen molar-refractivity contribution in [3.05, 3.63) is 46.7 Å². The van der Waals surface area contributed by atoms with Gasteiger partial charge in [-0.05, 0) is 50.1 Å². The van der Waals surface area contributed by atoms with Crippen LogP contribution >= 0.6 is 24.0 Å². The second-order valence-corrected chi connectivity index (χ2v) is 6.39. The van der Waals surface area contributed by atoms with E-state index in [1.807, 2.05) is 29.9 Å². The predicted molar refractivity (Wildman–Crippen MR) is 99.5 cm³/mol. The number of amides is 1. The van der Waals surface area contributed by atoms with E-state index in [0.717, 1.165) is 37.2 Å². The van der Waals surface area contributed by atoms with Crippen molar-refractivity contribution in [2.24, 2.45) is 0 Å². The van der Waals surface area contributed by atoms with Gasteiger partial charge in [0.2, 0.25) is 0 Å². The summed E-state index contributed by atoms with van der Waals surface area (Å²) in [5, 5.41) is 8.49. The Bertz CT molecular complexity index is 710. The van der Waals surface area contributed by atoms with Crippen molar-refractivity contribution in [1.82, 2.24) is 15.1 Å². The lowest BCUT2D eigenvalue weighted by Gasteiger charge is -2.23. The van der Waals surface area contributed by atoms with Gasteiger partial charge in [0, 0.05) is 30.5 Å². The number of aryl methyl sites for hydroxylation is 1. The number of nitrogens with one attached hydrogen (secondary N) is 1. The third-order valence-electron chi connectivity index (χ3n) is 4.32. The molecule has 1 unspecified atom stereocenters. The van der Waals surface area contributed by atoms with Gasteiger partial charge in [-0.25, -0.2) is 0 Å². The normalized spacial score (nSPS) is 17.2. The number of carbonyl (C=O) groups excluding carboxylic acids is 1. The molecular formula is C17H22Cl2N4O. The Kier molecular flexibility index (Phi) is 6.27. The Labute approximate surface area is 153 Å². The zero-order valence-corrected chi connectivity index (χ0v) is 15.4. The third-order valence-corrected chi connectivity index (χ3v) is 4.73. The minimum Gasteiger partial charge on any atom is -0.315 e. The van der Waals surface area contributed by atoms with E-state index in [-0.39, 0.29) is 18.3 Å². The molecule has 1 N–H and O–H groups in total. The highest BCUT2D eigenvalue weighted by atomic mass is 35.5. The summed E-state index contributed by atoms with van der Waals surface area (Å²) in [5.41, 5.74) is 2.21. The van der Waals surface area contributed by atoms with Crippen molar-refractivity contribution in [3.63, 3.8) is 0 Å². The molecule has 1 aliphatic rings. The molecule has 5 nitrogen and oxygen atoms in total. The SMILES string of the molecule is Cc1ccc(N(C)C(=O)c2ccn(C3CCCNC3)n2)cc1Cl.Cl. The van der Waals surface area contributed by atoms with Crippen LogP contribution in [-0.2, 0) is 0 Å². The fourth-order valence-electron chi connectivity index (χ4n) is 2.79. The van der Waals surface area contributed by atoms with E-state index >= 15 is 0 Å². The summed E-state index contributed by atoms with van der Waals surface area (Å²) in [4.78, 5) is 14.2. The number of carbonyl (C=O) groups is 1. The van der Waals surface area contributed by atoms with E-state index < -0.39 is 0 Å². The van der Waals surface area contributed by atoms with Gasteiger partial charge < -0.3 is 10.2 Å². The summed E-state index contributed by atoms with van der Waals surface area (Å²) in [6.45, 7) is 3.90. The van der Waals surface area contributed by atoms with Crippen molar-refractivity contribution in [2.45, 2.75) is 25.8 Å². The number of piperidine rings is 1. The minimum absolute atomic E-state index is 0. The molecule has 130 valence electrons. The third kappa shape index (κ3) is 3.91. The quantitative estimate of drug-likeness (QED) is 0.902. The lowest BCUT2D eigenvalue weighted by atomic mass is 10.1. The number of nitrogens with zero attached hydrogens (tertiary/aromatic N) is 3. The van der Waals surface area contributed by atoms with Gasteiger partial charge in [0.15, 0.2) is 5.69 Å². The van der Waals surface area contributed by atoms with Crippen LogP contribution in [0.4, 0.5) is 5.69 Å². The molecule has 1 saturated heterocycles. The fourth-order valence-corrected chi connectivity index (χ4v) is 2.97. The van der Waals surface area contributed by atoms with Crippen molar-refractivity contribution in [2.75, 3.05) is 25.0 Å². The molecule has 3 rings (SSSR count). The summed E-state index contributed by atoms with van der Waals surface area (Å²) in [7, 11) is 1.74. The van der Waals surface area contributed by atoms with Crippen LogP contribution in [0.5, 0.6) is 0 Å². The largest absolute Gasteiger partial charge is 0.315 e. The molecule has 0 bridgehead atoms. The highest BCUT2D eigenvalue weighted by Crippen LogP contribution is 2.23. The van der Waals surface area contributed by atoms with Gasteiger partial charge >= 0.3 is 0 Å². The lowest BCUT2D eigenvalue weighted by Crippen LogP contribution is -2.32. The summed E-state index contributed by atoms with van der Waals surface area (Å²) >= 11 is 6.15. The molecule has 2 aromatic rings. The molecule has 0 radical (unpaired) electrons. The van der Waals surface area contributed by atoms with Gasteiger partial charge in [0.1, 0.15) is 0 Å². The minimum atomic E-state index is -0.132. The van der Waals surface area contributed by atoms with E-state index in [1.54, 1.807) is 24.1 Å². The fraction of sp³-hybridized carbons (Fsp3) is 0.412. The molecule has 7 heteroatoms. The second kappa shape index (κ2) is 8.01. The smallest absolute Gasteiger partial charge is 0.278 e. The Hall–Kier alpha value is -1.56. The first-order chi connectivity index (χ1) is 11.1. The standard InChI is InChI=1S/C17H21ClN4O.ClH/c1-12-5-6-13(10-15(12)18)21(2)17(23)16-7-9-22(20-16)14-4-3-8-19-11-14;/h5-7,9-10,14,19H,3-4,8,11H2,1-2H3;1H. The van der Waals surface area contributed by atoms with Gasteiger partial charge in [-0.15, -0.1) is 12.4 Å². The molecule has 0 spiro atoms. The number of hydrogen-bond donors (Lipinski definition) is 1. The average Bonchev–Trinajstić information content (AvgIpc) is 3.07. The van der Waals surface area contributed by atoms with E-state index in [2.05, 4.69) is 10.4 Å². The van der Waals surface area contributed by atoms with Gasteiger partial charge in [0.25, 0.3) is 5.91 Å². The van der Waals surface area contributed by atoms with Crippen molar-refractivity contribution >= 4 is 35.6 Å². The van der Waals surface area contributed by atoms with Crippen LogP contribution in [0.2, 0.25) is 5.02 Å². The monoisotopic (exact) mass is 368 g/mol. The average molecular weight is 369 g/mol. The van der Waals surface area contributed by atoms with Crippen LogP contribution in [0.25, 0.3) is 0 Å². The second-order valence-electron chi connectivity index (χ2n) is 5.98. The van der Waals surface area contributed by atoms with Gasteiger partial charge in [-0.1, -0.05) is 17.7 Å². The molecular weight excluding hydrogens is 347 g/mol. The topological polar surface area (TPSA) is 50.2 Å². The molecule has 1 amide bonds. The lowest BCUT2D eigenvalue weighted by molar-refractivity contribution is 0.0987. The Balaban J connectivity index is 0.00000208. The molecule has 0 saturated carbocycles. The molecule has 1 aromatic carbocycles. The van der Waals surface area contributed by atoms with Crippen LogP contribution in [0, 0.1) is 6.92 Å². The van der Waals surface area contributed by atoms with E-state index in [9.17, 15) is 4.79 Å². The van der Waals surface area contributed by atoms with Crippen LogP contribution in [0.1, 0.15) is 34.9 Å². The predicted octanol–water partition coefficient (Wildman–Crippen LogP) is 3.47. The van der Waals surface area contributed by atoms with Crippen LogP contribution in [0.15, 0.2) is 30.5 Å². The number of benzene rings is 1. The van der Waals surface area contributed by atoms with Crippen LogP contribution in [0.3, 0.4) is 0 Å². The molecule has 1 atom stereocenters. The van der Waals surface area contributed by atoms with Crippen LogP contribution < -0.4 is 10.2 Å². The van der Waals surface area contributed by atoms with E-state index in [1.165, 1.54) is 0 Å². The number of rotatable bonds is 3. The van der Waals surface area contributed by atoms with E-state index in [4.69, 9.17) is 11.6 Å². The first kappa shape index (κ1) is 18.8. The van der Waals surface area contributed by atoms with Gasteiger partial charge in [-0.2, -0.15) is 5.10 Å². The Morgan fingerprint density at radius 3 is 2.88 bits per heavy atom. The first-order valence-electron chi connectivity index (χ1n) is 7.86. The zero-order chi connectivity index (χ0) is 16.4. The van der Waals surface area contributed by atoms with Crippen molar-refractivity contribution in [1.29, 1.82) is 0 Å². The van der Waals surface area contributed by atoms with E-state index in [0.29, 0.717) is 16.8 Å². The Morgan fingerprint density at radius 1 is 1.42 bits per heavy atom. The molecule has 1 fully saturated rings. The maximum Gasteiger partial charge on any atom is 0.278 e. The maximum absolute atomic E-state index is 12.6. The highest BCUT2D eigenvalue weighted by molar-refractivity contribution is 6.31. The van der Waals surface area contributed by atoms with Gasteiger partial charge in [0.05, 0.1) is 6.04 Å². The highest BCUT2D eigenvalue weighted by Gasteiger charge is 2.20.